The highest BCUT2D eigenvalue weighted by Crippen LogP contribution is 2.40. The predicted octanol–water partition coefficient (Wildman–Crippen LogP) is 5.24. The van der Waals surface area contributed by atoms with Crippen molar-refractivity contribution in [2.75, 3.05) is 0 Å². The molecule has 2 aromatic heterocycles. The third-order valence-electron chi connectivity index (χ3n) is 7.75. The fourth-order valence-electron chi connectivity index (χ4n) is 5.76. The summed E-state index contributed by atoms with van der Waals surface area (Å²) in [7, 11) is 0. The van der Waals surface area contributed by atoms with Gasteiger partial charge in [0.15, 0.2) is 0 Å². The number of aliphatic carboxylic acids is 1. The maximum atomic E-state index is 14.0. The van der Waals surface area contributed by atoms with Crippen LogP contribution < -0.4 is 5.69 Å². The van der Waals surface area contributed by atoms with E-state index in [9.17, 15) is 24.2 Å². The highest BCUT2D eigenvalue weighted by Gasteiger charge is 2.27. The van der Waals surface area contributed by atoms with Gasteiger partial charge in [0.05, 0.1) is 42.3 Å². The van der Waals surface area contributed by atoms with Crippen LogP contribution in [0.2, 0.25) is 0 Å². The Labute approximate surface area is 249 Å². The summed E-state index contributed by atoms with van der Waals surface area (Å²) < 4.78 is 17.5. The van der Waals surface area contributed by atoms with Crippen LogP contribution in [0.4, 0.5) is 4.39 Å². The number of halogens is 1. The Balaban J connectivity index is 1.67. The van der Waals surface area contributed by atoms with Crippen molar-refractivity contribution in [3.05, 3.63) is 106 Å². The minimum absolute atomic E-state index is 0.0475. The molecule has 224 valence electrons. The van der Waals surface area contributed by atoms with Gasteiger partial charge in [0, 0.05) is 24.7 Å². The molecule has 0 aliphatic carbocycles. The normalized spacial score (nSPS) is 14.4. The molecule has 5 rings (SSSR count). The van der Waals surface area contributed by atoms with Gasteiger partial charge in [0.1, 0.15) is 5.82 Å². The van der Waals surface area contributed by atoms with Crippen molar-refractivity contribution >= 4 is 12.0 Å². The molecule has 0 amide bonds. The van der Waals surface area contributed by atoms with E-state index in [1.54, 1.807) is 27.3 Å². The second-order valence-corrected chi connectivity index (χ2v) is 11.4. The summed E-state index contributed by atoms with van der Waals surface area (Å²) in [5.41, 5.74) is 6.40. The Bertz CT molecular complexity index is 1690. The van der Waals surface area contributed by atoms with E-state index in [1.165, 1.54) is 18.2 Å². The molecular formula is C34H36FN3O5. The van der Waals surface area contributed by atoms with Crippen molar-refractivity contribution in [2.45, 2.75) is 70.7 Å². The number of fused-ring (bicyclic) bond motifs is 3. The lowest BCUT2D eigenvalue weighted by Crippen LogP contribution is -2.24. The van der Waals surface area contributed by atoms with Crippen LogP contribution in [0.25, 0.3) is 28.6 Å². The summed E-state index contributed by atoms with van der Waals surface area (Å²) >= 11 is 0. The average Bonchev–Trinajstić information content (AvgIpc) is 3.14. The first-order chi connectivity index (χ1) is 20.6. The molecule has 1 aliphatic heterocycles. The van der Waals surface area contributed by atoms with Crippen LogP contribution in [0.15, 0.2) is 71.7 Å². The van der Waals surface area contributed by atoms with Crippen LogP contribution in [-0.4, -0.2) is 47.6 Å². The highest BCUT2D eigenvalue weighted by molar-refractivity contribution is 5.84. The van der Waals surface area contributed by atoms with Crippen molar-refractivity contribution in [2.24, 2.45) is 0 Å². The zero-order valence-electron chi connectivity index (χ0n) is 24.3. The van der Waals surface area contributed by atoms with E-state index in [4.69, 9.17) is 10.1 Å². The van der Waals surface area contributed by atoms with E-state index in [2.05, 4.69) is 0 Å². The zero-order valence-corrected chi connectivity index (χ0v) is 24.3. The van der Waals surface area contributed by atoms with Gasteiger partial charge in [-0.05, 0) is 53.1 Å². The zero-order chi connectivity index (χ0) is 30.7. The second-order valence-electron chi connectivity index (χ2n) is 11.4. The van der Waals surface area contributed by atoms with E-state index in [0.29, 0.717) is 31.6 Å². The third kappa shape index (κ3) is 6.68. The van der Waals surface area contributed by atoms with Crippen LogP contribution in [0, 0.1) is 5.82 Å². The number of carboxylic acids is 1. The molecule has 3 N–H and O–H groups in total. The molecular weight excluding hydrogens is 549 g/mol. The fraction of sp³-hybridized carbons (Fsp3) is 0.324. The molecule has 0 saturated heterocycles. The third-order valence-corrected chi connectivity index (χ3v) is 7.75. The quantitative estimate of drug-likeness (QED) is 0.235. The van der Waals surface area contributed by atoms with Crippen LogP contribution in [-0.2, 0) is 24.3 Å². The number of hydrogen-bond donors (Lipinski definition) is 3. The van der Waals surface area contributed by atoms with E-state index in [0.717, 1.165) is 39.2 Å². The number of rotatable bonds is 10. The number of hydrogen-bond acceptors (Lipinski definition) is 5. The molecule has 0 saturated carbocycles. The standard InChI is InChI=1S/C34H36FN3O5/c1-21(2)32-28(15-14-25(39)17-26(40)18-30(41)42)31(23-10-12-24(35)13-11-23)27-9-6-16-38-29(33(27)36-32)20-37(34(38)43)19-22-7-4-3-5-8-22/h3-5,7-8,10-15,20-21,25-26,39-40H,6,9,16-19H2,1-2H3,(H,41,42)/b15-14+/t25-,26-/m1/s1. The summed E-state index contributed by atoms with van der Waals surface area (Å²) in [4.78, 5) is 29.7. The predicted molar refractivity (Wildman–Crippen MR) is 163 cm³/mol. The van der Waals surface area contributed by atoms with Crippen LogP contribution in [0.5, 0.6) is 0 Å². The van der Waals surface area contributed by atoms with Gasteiger partial charge in [-0.3, -0.25) is 13.9 Å². The topological polar surface area (TPSA) is 118 Å². The van der Waals surface area contributed by atoms with Gasteiger partial charge in [0.2, 0.25) is 0 Å². The molecule has 9 heteroatoms. The number of imidazole rings is 1. The first-order valence-electron chi connectivity index (χ1n) is 14.6. The van der Waals surface area contributed by atoms with Crippen molar-refractivity contribution in [3.63, 3.8) is 0 Å². The van der Waals surface area contributed by atoms with Crippen molar-refractivity contribution < 1.29 is 24.5 Å². The van der Waals surface area contributed by atoms with Gasteiger partial charge in [0.25, 0.3) is 0 Å². The summed E-state index contributed by atoms with van der Waals surface area (Å²) in [5.74, 6) is -1.55. The van der Waals surface area contributed by atoms with E-state index >= 15 is 0 Å². The summed E-state index contributed by atoms with van der Waals surface area (Å²) in [5, 5.41) is 29.6. The minimum atomic E-state index is -1.19. The number of aromatic nitrogens is 3. The number of carbonyl (C=O) groups is 1. The Morgan fingerprint density at radius 3 is 2.49 bits per heavy atom. The Kier molecular flexibility index (Phi) is 9.03. The van der Waals surface area contributed by atoms with Gasteiger partial charge in [-0.25, -0.2) is 14.2 Å². The Hall–Kier alpha value is -4.34. The summed E-state index contributed by atoms with van der Waals surface area (Å²) in [6.45, 7) is 4.98. The molecule has 2 aromatic carbocycles. The molecule has 4 aromatic rings. The monoisotopic (exact) mass is 585 g/mol. The molecule has 2 atom stereocenters. The average molecular weight is 586 g/mol. The SMILES string of the molecule is CC(C)c1nc2c(c(-c3ccc(F)cc3)c1/C=C/[C@@H](O)C[C@@H](O)CC(=O)O)CCCn1c-2cn(Cc2ccccc2)c1=O. The van der Waals surface area contributed by atoms with Gasteiger partial charge in [-0.2, -0.15) is 0 Å². The lowest BCUT2D eigenvalue weighted by molar-refractivity contribution is -0.139. The number of aliphatic hydroxyl groups excluding tert-OH is 2. The first kappa shape index (κ1) is 30.1. The van der Waals surface area contributed by atoms with Crippen molar-refractivity contribution in [1.82, 2.24) is 14.1 Å². The summed E-state index contributed by atoms with van der Waals surface area (Å²) in [6.07, 6.45) is 3.61. The number of pyridine rings is 1. The van der Waals surface area contributed by atoms with Gasteiger partial charge in [-0.1, -0.05) is 68.5 Å². The fourth-order valence-corrected chi connectivity index (χ4v) is 5.76. The van der Waals surface area contributed by atoms with E-state index in [1.807, 2.05) is 50.4 Å². The Morgan fingerprint density at radius 1 is 1.09 bits per heavy atom. The Morgan fingerprint density at radius 2 is 1.81 bits per heavy atom. The van der Waals surface area contributed by atoms with Crippen LogP contribution in [0.1, 0.15) is 61.4 Å². The second kappa shape index (κ2) is 12.9. The van der Waals surface area contributed by atoms with Crippen molar-refractivity contribution in [1.29, 1.82) is 0 Å². The number of benzene rings is 2. The smallest absolute Gasteiger partial charge is 0.328 e. The first-order valence-corrected chi connectivity index (χ1v) is 14.6. The molecule has 1 aliphatic rings. The van der Waals surface area contributed by atoms with Gasteiger partial charge < -0.3 is 15.3 Å². The minimum Gasteiger partial charge on any atom is -0.481 e. The number of carboxylic acid groups (broad SMARTS) is 1. The molecule has 0 fully saturated rings. The lowest BCUT2D eigenvalue weighted by Gasteiger charge is -2.21. The highest BCUT2D eigenvalue weighted by atomic mass is 19.1. The molecule has 0 bridgehead atoms. The molecule has 0 radical (unpaired) electrons. The van der Waals surface area contributed by atoms with Crippen LogP contribution >= 0.6 is 0 Å². The van der Waals surface area contributed by atoms with Gasteiger partial charge >= 0.3 is 11.7 Å². The van der Waals surface area contributed by atoms with Gasteiger partial charge in [-0.15, -0.1) is 0 Å². The molecule has 43 heavy (non-hydrogen) atoms. The number of aliphatic hydroxyl groups is 2. The van der Waals surface area contributed by atoms with E-state index in [-0.39, 0.29) is 23.8 Å². The molecule has 0 unspecified atom stereocenters. The summed E-state index contributed by atoms with van der Waals surface area (Å²) in [6, 6.07) is 16.1. The van der Waals surface area contributed by atoms with E-state index < -0.39 is 24.6 Å². The largest absolute Gasteiger partial charge is 0.481 e. The molecule has 8 nitrogen and oxygen atoms in total. The molecule has 0 spiro atoms. The maximum Gasteiger partial charge on any atom is 0.328 e. The molecule has 3 heterocycles. The number of nitrogens with zero attached hydrogens (tertiary/aromatic N) is 3. The maximum absolute atomic E-state index is 14.0. The lowest BCUT2D eigenvalue weighted by atomic mass is 9.87. The van der Waals surface area contributed by atoms with Crippen molar-refractivity contribution in [3.8, 4) is 22.5 Å². The van der Waals surface area contributed by atoms with Crippen LogP contribution in [0.3, 0.4) is 0 Å².